The first-order chi connectivity index (χ1) is 27.5. The quantitative estimate of drug-likeness (QED) is 0.155. The predicted octanol–water partition coefficient (Wildman–Crippen LogP) is 14.1. The number of alkyl halides is 4. The zero-order chi connectivity index (χ0) is 38.2. The van der Waals surface area contributed by atoms with Gasteiger partial charge in [0.2, 0.25) is 0 Å². The summed E-state index contributed by atoms with van der Waals surface area (Å²) in [5.41, 5.74) is 18.4. The molecule has 4 aromatic carbocycles. The highest BCUT2D eigenvalue weighted by Crippen LogP contribution is 2.47. The second-order valence-corrected chi connectivity index (χ2v) is 14.9. The Morgan fingerprint density at radius 1 is 0.429 bits per heavy atom. The Morgan fingerprint density at radius 2 is 0.857 bits per heavy atom. The predicted molar refractivity (Wildman–Crippen MR) is 238 cm³/mol. The van der Waals surface area contributed by atoms with Crippen LogP contribution in [0.5, 0.6) is 0 Å². The molecule has 3 aromatic heterocycles. The summed E-state index contributed by atoms with van der Waals surface area (Å²) in [6, 6.07) is 44.5. The van der Waals surface area contributed by atoms with E-state index in [2.05, 4.69) is 161 Å². The fraction of sp³-hybridized carbons (Fsp3) is 0.0833. The minimum atomic E-state index is 0.410. The highest BCUT2D eigenvalue weighted by molar-refractivity contribution is 6.18. The molecule has 4 nitrogen and oxygen atoms in total. The van der Waals surface area contributed by atoms with Gasteiger partial charge in [-0.15, -0.1) is 46.4 Å². The molecule has 0 fully saturated rings. The minimum Gasteiger partial charge on any atom is -0.355 e. The molecule has 2 aliphatic heterocycles. The largest absolute Gasteiger partial charge is 0.355 e. The van der Waals surface area contributed by atoms with Gasteiger partial charge in [-0.05, 0) is 106 Å². The average Bonchev–Trinajstić information content (AvgIpc) is 4.06. The number of hydrogen-bond acceptors (Lipinski definition) is 2. The van der Waals surface area contributed by atoms with E-state index in [-0.39, 0.29) is 0 Å². The molecule has 0 radical (unpaired) electrons. The van der Waals surface area contributed by atoms with Crippen LogP contribution in [0.1, 0.15) is 45.0 Å². The van der Waals surface area contributed by atoms with E-state index < -0.39 is 0 Å². The van der Waals surface area contributed by atoms with E-state index in [4.69, 9.17) is 56.4 Å². The van der Waals surface area contributed by atoms with E-state index >= 15 is 0 Å². The molecule has 0 saturated heterocycles. The number of nitrogens with zero attached hydrogens (tertiary/aromatic N) is 3. The summed E-state index contributed by atoms with van der Waals surface area (Å²) < 4.78 is 2.36. The number of H-pyrrole nitrogens is 1. The Kier molecular flexibility index (Phi) is 10.1. The first kappa shape index (κ1) is 36.3. The topological polar surface area (TPSA) is 46.5 Å². The van der Waals surface area contributed by atoms with E-state index in [1.807, 2.05) is 0 Å². The van der Waals surface area contributed by atoms with Gasteiger partial charge in [0.25, 0.3) is 0 Å². The Balaban J connectivity index is 1.58. The van der Waals surface area contributed by atoms with Crippen molar-refractivity contribution in [2.24, 2.45) is 0 Å². The second kappa shape index (κ2) is 15.6. The lowest BCUT2D eigenvalue weighted by Crippen LogP contribution is -1.98. The number of hydrogen-bond donors (Lipinski definition) is 1. The van der Waals surface area contributed by atoms with Crippen molar-refractivity contribution in [3.05, 3.63) is 172 Å². The number of aromatic amines is 1. The summed E-state index contributed by atoms with van der Waals surface area (Å²) >= 11 is 25.4. The fourth-order valence-corrected chi connectivity index (χ4v) is 8.15. The van der Waals surface area contributed by atoms with Crippen LogP contribution < -0.4 is 0 Å². The summed E-state index contributed by atoms with van der Waals surface area (Å²) in [5.74, 6) is 1.66. The Morgan fingerprint density at radius 3 is 1.38 bits per heavy atom. The SMILES string of the molecule is ClCc1ccc(-c2c(-c3ccc(CCl)cc3)c3c(-c4ccc(CCl)cc4)c4nc(cc5ccc(cc6nc(cc2n3-c2ccc(CCl)cc2)C=C6)[nH]5)C=C4)cc1. The maximum atomic E-state index is 6.37. The van der Waals surface area contributed by atoms with Crippen molar-refractivity contribution >= 4 is 92.8 Å². The maximum absolute atomic E-state index is 6.37. The summed E-state index contributed by atoms with van der Waals surface area (Å²) in [5, 5.41) is 0. The zero-order valence-electron chi connectivity index (χ0n) is 30.1. The van der Waals surface area contributed by atoms with Crippen LogP contribution in [0.15, 0.2) is 127 Å². The van der Waals surface area contributed by atoms with Gasteiger partial charge in [0, 0.05) is 56.9 Å². The molecule has 0 atom stereocenters. The average molecular weight is 809 g/mol. The van der Waals surface area contributed by atoms with E-state index in [1.54, 1.807) is 0 Å². The van der Waals surface area contributed by atoms with Crippen molar-refractivity contribution in [2.45, 2.75) is 23.5 Å². The van der Waals surface area contributed by atoms with Gasteiger partial charge in [0.15, 0.2) is 0 Å². The Hall–Kier alpha value is -5.36. The van der Waals surface area contributed by atoms with Crippen LogP contribution in [-0.2, 0) is 23.5 Å². The van der Waals surface area contributed by atoms with Crippen LogP contribution in [0.3, 0.4) is 0 Å². The molecular formula is C48H34Cl4N4. The second-order valence-electron chi connectivity index (χ2n) is 13.8. The summed E-state index contributed by atoms with van der Waals surface area (Å²) in [4.78, 5) is 14.0. The molecule has 0 amide bonds. The molecule has 1 N–H and O–H groups in total. The fourth-order valence-electron chi connectivity index (χ4n) is 7.44. The molecule has 2 aliphatic rings. The Labute approximate surface area is 345 Å². The molecule has 5 heterocycles. The number of fused-ring (bicyclic) bond motifs is 8. The van der Waals surface area contributed by atoms with E-state index in [1.165, 1.54) is 0 Å². The van der Waals surface area contributed by atoms with Crippen LogP contribution in [0.25, 0.3) is 85.4 Å². The van der Waals surface area contributed by atoms with Crippen LogP contribution in [0.4, 0.5) is 0 Å². The summed E-state index contributed by atoms with van der Waals surface area (Å²) in [7, 11) is 0. The van der Waals surface area contributed by atoms with Crippen molar-refractivity contribution in [3.63, 3.8) is 0 Å². The molecule has 0 spiro atoms. The third-order valence-electron chi connectivity index (χ3n) is 10.2. The van der Waals surface area contributed by atoms with Gasteiger partial charge in [-0.25, -0.2) is 9.97 Å². The number of halogens is 4. The molecule has 7 aromatic rings. The first-order valence-electron chi connectivity index (χ1n) is 18.3. The lowest BCUT2D eigenvalue weighted by Gasteiger charge is -2.14. The van der Waals surface area contributed by atoms with Crippen molar-refractivity contribution in [3.8, 4) is 39.1 Å². The van der Waals surface area contributed by atoms with Crippen molar-refractivity contribution in [2.75, 3.05) is 0 Å². The summed E-state index contributed by atoms with van der Waals surface area (Å²) in [6.07, 6.45) is 8.32. The van der Waals surface area contributed by atoms with E-state index in [9.17, 15) is 0 Å². The van der Waals surface area contributed by atoms with Gasteiger partial charge in [-0.1, -0.05) is 84.9 Å². The van der Waals surface area contributed by atoms with E-state index in [0.29, 0.717) is 23.5 Å². The van der Waals surface area contributed by atoms with Crippen molar-refractivity contribution < 1.29 is 0 Å². The van der Waals surface area contributed by atoms with Gasteiger partial charge in [-0.2, -0.15) is 0 Å². The van der Waals surface area contributed by atoms with E-state index in [0.717, 1.165) is 106 Å². The molecule has 0 aliphatic carbocycles. The smallest absolute Gasteiger partial charge is 0.0737 e. The molecule has 0 unspecified atom stereocenters. The number of benzene rings is 4. The normalized spacial score (nSPS) is 12.1. The highest BCUT2D eigenvalue weighted by atomic mass is 35.5. The molecule has 56 heavy (non-hydrogen) atoms. The monoisotopic (exact) mass is 806 g/mol. The maximum Gasteiger partial charge on any atom is 0.0737 e. The third-order valence-corrected chi connectivity index (χ3v) is 11.4. The van der Waals surface area contributed by atoms with Gasteiger partial charge in [0.05, 0.1) is 33.8 Å². The molecular weight excluding hydrogens is 774 g/mol. The lowest BCUT2D eigenvalue weighted by atomic mass is 9.92. The standard InChI is InChI=1S/C48H34Cl4N4/c49-26-30-1-9-34(10-2-30)45-43-22-19-40(55-43)24-39-16-15-37(53-39)23-38-17-18-41(54-38)25-44-46(35-11-3-31(27-50)4-12-35)47(36-13-5-32(28-51)6-14-36)48(45)56(44)42-20-7-33(29-52)8-21-42/h1-25,53H,26-29H2. The van der Waals surface area contributed by atoms with Gasteiger partial charge in [-0.3, -0.25) is 0 Å². The molecule has 9 rings (SSSR count). The molecule has 274 valence electrons. The van der Waals surface area contributed by atoms with Gasteiger partial charge in [0.1, 0.15) is 0 Å². The van der Waals surface area contributed by atoms with Gasteiger partial charge < -0.3 is 9.55 Å². The number of nitrogens with one attached hydrogen (secondary N) is 1. The minimum absolute atomic E-state index is 0.410. The Bertz CT molecular complexity index is 2810. The number of aromatic nitrogens is 4. The first-order valence-corrected chi connectivity index (χ1v) is 20.4. The van der Waals surface area contributed by atoms with Crippen LogP contribution in [0.2, 0.25) is 0 Å². The zero-order valence-corrected chi connectivity index (χ0v) is 33.1. The van der Waals surface area contributed by atoms with Crippen LogP contribution >= 0.6 is 46.4 Å². The number of rotatable bonds is 8. The van der Waals surface area contributed by atoms with Gasteiger partial charge >= 0.3 is 0 Å². The molecule has 8 bridgehead atoms. The van der Waals surface area contributed by atoms with Crippen molar-refractivity contribution in [1.82, 2.24) is 19.5 Å². The highest BCUT2D eigenvalue weighted by Gasteiger charge is 2.26. The summed E-state index contributed by atoms with van der Waals surface area (Å²) in [6.45, 7) is 0. The molecule has 8 heteroatoms. The molecule has 0 saturated carbocycles. The lowest BCUT2D eigenvalue weighted by molar-refractivity contribution is 1.16. The van der Waals surface area contributed by atoms with Crippen LogP contribution in [0, 0.1) is 0 Å². The van der Waals surface area contributed by atoms with Crippen LogP contribution in [-0.4, -0.2) is 19.5 Å². The third kappa shape index (κ3) is 6.99. The van der Waals surface area contributed by atoms with Crippen molar-refractivity contribution in [1.29, 1.82) is 0 Å².